The molecule has 0 spiro atoms. The van der Waals surface area contributed by atoms with Crippen LogP contribution in [0.4, 0.5) is 5.82 Å². The number of rotatable bonds is 3. The van der Waals surface area contributed by atoms with Gasteiger partial charge in [0.15, 0.2) is 0 Å². The Morgan fingerprint density at radius 1 is 1.44 bits per heavy atom. The molecule has 0 aliphatic rings. The van der Waals surface area contributed by atoms with Gasteiger partial charge >= 0.3 is 0 Å². The first-order chi connectivity index (χ1) is 7.26. The zero-order valence-corrected chi connectivity index (χ0v) is 11.6. The van der Waals surface area contributed by atoms with Crippen LogP contribution in [-0.4, -0.2) is 9.78 Å². The SMILES string of the molecule is CCC(C)n1nc(CC(C)(C)C)c(Cl)c1N. The molecule has 0 saturated carbocycles. The summed E-state index contributed by atoms with van der Waals surface area (Å²) in [6, 6.07) is 0.297. The van der Waals surface area contributed by atoms with Gasteiger partial charge in [0.2, 0.25) is 0 Å². The van der Waals surface area contributed by atoms with E-state index >= 15 is 0 Å². The van der Waals surface area contributed by atoms with Crippen LogP contribution in [0.25, 0.3) is 0 Å². The number of nitrogens with zero attached hydrogens (tertiary/aromatic N) is 2. The molecule has 0 aliphatic heterocycles. The van der Waals surface area contributed by atoms with Gasteiger partial charge in [0.1, 0.15) is 10.8 Å². The monoisotopic (exact) mass is 243 g/mol. The molecular formula is C12H22ClN3. The quantitative estimate of drug-likeness (QED) is 0.880. The number of anilines is 1. The van der Waals surface area contributed by atoms with Gasteiger partial charge in [-0.3, -0.25) is 0 Å². The van der Waals surface area contributed by atoms with Gasteiger partial charge in [0.05, 0.1) is 11.7 Å². The van der Waals surface area contributed by atoms with Crippen LogP contribution in [0.2, 0.25) is 5.02 Å². The second kappa shape index (κ2) is 4.66. The summed E-state index contributed by atoms with van der Waals surface area (Å²) < 4.78 is 1.84. The van der Waals surface area contributed by atoms with Crippen molar-refractivity contribution in [2.24, 2.45) is 5.41 Å². The minimum atomic E-state index is 0.171. The van der Waals surface area contributed by atoms with Crippen molar-refractivity contribution in [1.29, 1.82) is 0 Å². The Hall–Kier alpha value is -0.700. The van der Waals surface area contributed by atoms with E-state index in [1.807, 2.05) is 4.68 Å². The molecule has 92 valence electrons. The Morgan fingerprint density at radius 2 is 2.00 bits per heavy atom. The van der Waals surface area contributed by atoms with Crippen LogP contribution in [-0.2, 0) is 6.42 Å². The van der Waals surface area contributed by atoms with Crippen LogP contribution < -0.4 is 5.73 Å². The summed E-state index contributed by atoms with van der Waals surface area (Å²) in [4.78, 5) is 0. The fraction of sp³-hybridized carbons (Fsp3) is 0.750. The Bertz CT molecular complexity index is 363. The molecule has 4 heteroatoms. The highest BCUT2D eigenvalue weighted by atomic mass is 35.5. The van der Waals surface area contributed by atoms with Crippen LogP contribution >= 0.6 is 11.6 Å². The van der Waals surface area contributed by atoms with Gasteiger partial charge in [-0.2, -0.15) is 5.10 Å². The number of nitrogens with two attached hydrogens (primary N) is 1. The molecule has 1 aromatic heterocycles. The lowest BCUT2D eigenvalue weighted by molar-refractivity contribution is 0.398. The molecule has 2 N–H and O–H groups in total. The molecular weight excluding hydrogens is 222 g/mol. The van der Waals surface area contributed by atoms with E-state index in [0.717, 1.165) is 18.5 Å². The van der Waals surface area contributed by atoms with Gasteiger partial charge in [-0.15, -0.1) is 0 Å². The molecule has 1 unspecified atom stereocenters. The van der Waals surface area contributed by atoms with Crippen LogP contribution in [0.3, 0.4) is 0 Å². The minimum absolute atomic E-state index is 0.171. The molecule has 0 fully saturated rings. The molecule has 0 saturated heterocycles. The number of hydrogen-bond donors (Lipinski definition) is 1. The fourth-order valence-corrected chi connectivity index (χ4v) is 1.79. The highest BCUT2D eigenvalue weighted by Crippen LogP contribution is 2.31. The van der Waals surface area contributed by atoms with Crippen LogP contribution in [0, 0.1) is 5.41 Å². The first-order valence-electron chi connectivity index (χ1n) is 5.78. The van der Waals surface area contributed by atoms with E-state index in [2.05, 4.69) is 39.7 Å². The lowest BCUT2D eigenvalue weighted by Crippen LogP contribution is -2.12. The van der Waals surface area contributed by atoms with E-state index in [0.29, 0.717) is 16.9 Å². The molecule has 0 bridgehead atoms. The maximum absolute atomic E-state index is 6.21. The van der Waals surface area contributed by atoms with Crippen LogP contribution in [0.5, 0.6) is 0 Å². The molecule has 1 heterocycles. The van der Waals surface area contributed by atoms with Crippen molar-refractivity contribution in [2.45, 2.75) is 53.5 Å². The maximum atomic E-state index is 6.21. The van der Waals surface area contributed by atoms with Crippen molar-refractivity contribution in [2.75, 3.05) is 5.73 Å². The Kier molecular flexibility index (Phi) is 3.89. The average molecular weight is 244 g/mol. The van der Waals surface area contributed by atoms with Crippen molar-refractivity contribution in [3.63, 3.8) is 0 Å². The zero-order chi connectivity index (χ0) is 12.5. The van der Waals surface area contributed by atoms with Crippen LogP contribution in [0.15, 0.2) is 0 Å². The average Bonchev–Trinajstić information content (AvgIpc) is 2.43. The summed E-state index contributed by atoms with van der Waals surface area (Å²) in [5.41, 5.74) is 7.05. The van der Waals surface area contributed by atoms with Crippen molar-refractivity contribution in [3.05, 3.63) is 10.7 Å². The van der Waals surface area contributed by atoms with E-state index in [1.165, 1.54) is 0 Å². The lowest BCUT2D eigenvalue weighted by Gasteiger charge is -2.16. The number of nitrogen functional groups attached to an aromatic ring is 1. The molecule has 1 aromatic rings. The largest absolute Gasteiger partial charge is 0.383 e. The molecule has 0 amide bonds. The summed E-state index contributed by atoms with van der Waals surface area (Å²) in [7, 11) is 0. The van der Waals surface area contributed by atoms with E-state index in [-0.39, 0.29) is 5.41 Å². The highest BCUT2D eigenvalue weighted by molar-refractivity contribution is 6.33. The zero-order valence-electron chi connectivity index (χ0n) is 10.8. The third kappa shape index (κ3) is 2.91. The first kappa shape index (κ1) is 13.4. The van der Waals surface area contributed by atoms with E-state index < -0.39 is 0 Å². The summed E-state index contributed by atoms with van der Waals surface area (Å²) >= 11 is 6.21. The topological polar surface area (TPSA) is 43.8 Å². The van der Waals surface area contributed by atoms with Gasteiger partial charge in [-0.1, -0.05) is 39.3 Å². The fourth-order valence-electron chi connectivity index (χ4n) is 1.60. The predicted octanol–water partition coefficient (Wildman–Crippen LogP) is 3.68. The van der Waals surface area contributed by atoms with Crippen molar-refractivity contribution in [1.82, 2.24) is 9.78 Å². The molecule has 0 aliphatic carbocycles. The van der Waals surface area contributed by atoms with Gasteiger partial charge in [-0.05, 0) is 25.2 Å². The standard InChI is InChI=1S/C12H22ClN3/c1-6-8(2)16-11(14)10(13)9(15-16)7-12(3,4)5/h8H,6-7,14H2,1-5H3. The number of hydrogen-bond acceptors (Lipinski definition) is 2. The normalized spacial score (nSPS) is 14.1. The van der Waals surface area contributed by atoms with Crippen molar-refractivity contribution >= 4 is 17.4 Å². The number of halogens is 1. The molecule has 3 nitrogen and oxygen atoms in total. The second-order valence-electron chi connectivity index (χ2n) is 5.59. The summed E-state index contributed by atoms with van der Waals surface area (Å²) in [6.07, 6.45) is 1.84. The molecule has 0 aromatic carbocycles. The summed E-state index contributed by atoms with van der Waals surface area (Å²) in [6.45, 7) is 10.7. The Morgan fingerprint density at radius 3 is 2.44 bits per heavy atom. The molecule has 1 atom stereocenters. The van der Waals surface area contributed by atoms with Gasteiger partial charge in [0, 0.05) is 0 Å². The highest BCUT2D eigenvalue weighted by Gasteiger charge is 2.21. The lowest BCUT2D eigenvalue weighted by atomic mass is 9.91. The van der Waals surface area contributed by atoms with E-state index in [9.17, 15) is 0 Å². The Labute approximate surface area is 103 Å². The second-order valence-corrected chi connectivity index (χ2v) is 5.96. The molecule has 16 heavy (non-hydrogen) atoms. The minimum Gasteiger partial charge on any atom is -0.383 e. The third-order valence-corrected chi connectivity index (χ3v) is 3.07. The third-order valence-electron chi connectivity index (χ3n) is 2.66. The molecule has 0 radical (unpaired) electrons. The smallest absolute Gasteiger partial charge is 0.141 e. The van der Waals surface area contributed by atoms with Gasteiger partial charge in [0.25, 0.3) is 0 Å². The van der Waals surface area contributed by atoms with Crippen LogP contribution in [0.1, 0.15) is 52.8 Å². The number of aromatic nitrogens is 2. The van der Waals surface area contributed by atoms with E-state index in [4.69, 9.17) is 17.3 Å². The predicted molar refractivity (Wildman–Crippen MR) is 69.8 cm³/mol. The van der Waals surface area contributed by atoms with Gasteiger partial charge in [-0.25, -0.2) is 4.68 Å². The first-order valence-corrected chi connectivity index (χ1v) is 6.16. The van der Waals surface area contributed by atoms with Crippen molar-refractivity contribution < 1.29 is 0 Å². The maximum Gasteiger partial charge on any atom is 0.141 e. The van der Waals surface area contributed by atoms with E-state index in [1.54, 1.807) is 0 Å². The summed E-state index contributed by atoms with van der Waals surface area (Å²) in [5.74, 6) is 0.593. The molecule has 1 rings (SSSR count). The Balaban J connectivity index is 3.05. The van der Waals surface area contributed by atoms with Gasteiger partial charge < -0.3 is 5.73 Å². The summed E-state index contributed by atoms with van der Waals surface area (Å²) in [5, 5.41) is 5.15. The van der Waals surface area contributed by atoms with Crippen molar-refractivity contribution in [3.8, 4) is 0 Å².